The van der Waals surface area contributed by atoms with Gasteiger partial charge >= 0.3 is 0 Å². The van der Waals surface area contributed by atoms with Crippen molar-refractivity contribution >= 4 is 60.5 Å². The van der Waals surface area contributed by atoms with Crippen LogP contribution in [0.3, 0.4) is 0 Å². The molecule has 0 fully saturated rings. The first-order valence-electron chi connectivity index (χ1n) is 21.7. The average Bonchev–Trinajstić information content (AvgIpc) is 3.75. The molecule has 0 aliphatic carbocycles. The Morgan fingerprint density at radius 3 is 1.69 bits per heavy atom. The van der Waals surface area contributed by atoms with Crippen molar-refractivity contribution in [2.75, 3.05) is 4.90 Å². The summed E-state index contributed by atoms with van der Waals surface area (Å²) >= 11 is 0. The van der Waals surface area contributed by atoms with E-state index in [2.05, 4.69) is 18.2 Å². The lowest BCUT2D eigenvalue weighted by Gasteiger charge is -2.28. The zero-order valence-corrected chi connectivity index (χ0v) is 31.3. The highest BCUT2D eigenvalue weighted by atomic mass is 16.3. The molecule has 2 heterocycles. The van der Waals surface area contributed by atoms with Crippen molar-refractivity contribution in [2.24, 2.45) is 0 Å². The largest absolute Gasteiger partial charge is 0.508 e. The van der Waals surface area contributed by atoms with Gasteiger partial charge in [-0.15, -0.1) is 0 Å². The molecular weight excluding hydrogens is 725 g/mol. The van der Waals surface area contributed by atoms with Crippen LogP contribution in [0, 0.1) is 0 Å². The Hall–Kier alpha value is -8.09. The molecule has 2 aromatic heterocycles. The van der Waals surface area contributed by atoms with Crippen LogP contribution in [0.25, 0.3) is 88.8 Å². The van der Waals surface area contributed by atoms with Gasteiger partial charge in [-0.3, -0.25) is 0 Å². The third-order valence-electron chi connectivity index (χ3n) is 10.5. The quantitative estimate of drug-likeness (QED) is 0.163. The van der Waals surface area contributed by atoms with E-state index in [0.29, 0.717) is 34.2 Å². The van der Waals surface area contributed by atoms with E-state index in [4.69, 9.17) is 23.5 Å². The molecule has 0 amide bonds. The van der Waals surface area contributed by atoms with Gasteiger partial charge in [0, 0.05) is 50.6 Å². The summed E-state index contributed by atoms with van der Waals surface area (Å²) in [6, 6.07) is 53.1. The SMILES string of the molecule is [2H]c1c(O)c([2H])c2oc3c([2H])c(N(c4ccc(-c5ccccc5)cc4)c4cc5ccccc5c5ccccc45)c([2H])c(-c4nc(-c5ccccc5)nc(-c5ccccc5)n4)c3c2c1[2H]. The molecule has 0 unspecified atom stereocenters. The smallest absolute Gasteiger partial charge is 0.164 e. The lowest BCUT2D eigenvalue weighted by Crippen LogP contribution is -2.11. The summed E-state index contributed by atoms with van der Waals surface area (Å²) in [6.45, 7) is 0. The highest BCUT2D eigenvalue weighted by Gasteiger charge is 2.24. The van der Waals surface area contributed by atoms with E-state index in [9.17, 15) is 7.85 Å². The van der Waals surface area contributed by atoms with Crippen molar-refractivity contribution in [1.29, 1.82) is 0 Å². The minimum atomic E-state index is -0.725. The maximum atomic E-state index is 10.9. The second-order valence-electron chi connectivity index (χ2n) is 14.2. The fourth-order valence-electron chi connectivity index (χ4n) is 7.79. The number of rotatable bonds is 7. The third-order valence-corrected chi connectivity index (χ3v) is 10.5. The lowest BCUT2D eigenvalue weighted by molar-refractivity contribution is 0.475. The number of furan rings is 1. The van der Waals surface area contributed by atoms with E-state index in [-0.39, 0.29) is 51.1 Å². The van der Waals surface area contributed by atoms with Crippen LogP contribution in [0.4, 0.5) is 17.1 Å². The van der Waals surface area contributed by atoms with E-state index in [0.717, 1.165) is 32.7 Å². The summed E-state index contributed by atoms with van der Waals surface area (Å²) in [5.41, 5.74) is 4.66. The van der Waals surface area contributed by atoms with Crippen molar-refractivity contribution in [3.63, 3.8) is 0 Å². The second kappa shape index (κ2) is 14.1. The van der Waals surface area contributed by atoms with Gasteiger partial charge in [0.15, 0.2) is 17.5 Å². The summed E-state index contributed by atoms with van der Waals surface area (Å²) in [7, 11) is 0. The normalized spacial score (nSPS) is 12.6. The van der Waals surface area contributed by atoms with E-state index in [1.165, 1.54) is 0 Å². The summed E-state index contributed by atoms with van der Waals surface area (Å²) in [5.74, 6) is -0.0286. The standard InChI is InChI=1S/C53H34N4O2/c58-41-28-29-45-48(33-41)59-49-32-40(31-46(50(45)49)53-55-51(36-16-6-2-7-17-36)54-52(56-53)37-18-8-3-9-19-37)57(39-26-24-35(25-27-39)34-14-4-1-5-15-34)47-30-38-20-10-11-21-42(38)43-22-12-13-23-44(43)47/h1-33,58H/i28D,29D,31D,32D,33D. The van der Waals surface area contributed by atoms with E-state index >= 15 is 0 Å². The van der Waals surface area contributed by atoms with Crippen molar-refractivity contribution in [2.45, 2.75) is 0 Å². The molecule has 59 heavy (non-hydrogen) atoms. The topological polar surface area (TPSA) is 75.3 Å². The summed E-state index contributed by atoms with van der Waals surface area (Å²) in [4.78, 5) is 16.9. The number of aromatic nitrogens is 3. The minimum absolute atomic E-state index is 0.01000. The average molecular weight is 764 g/mol. The van der Waals surface area contributed by atoms with Crippen LogP contribution in [-0.4, -0.2) is 20.1 Å². The van der Waals surface area contributed by atoms with Crippen molar-refractivity contribution in [3.05, 3.63) is 200 Å². The first kappa shape index (κ1) is 29.2. The number of phenolic OH excluding ortho intramolecular Hbond substituents is 1. The number of fused-ring (bicyclic) bond motifs is 6. The fraction of sp³-hybridized carbons (Fsp3) is 0. The van der Waals surface area contributed by atoms with E-state index in [1.807, 2.05) is 157 Å². The van der Waals surface area contributed by atoms with Crippen molar-refractivity contribution in [3.8, 4) is 51.0 Å². The van der Waals surface area contributed by atoms with Gasteiger partial charge in [-0.25, -0.2) is 15.0 Å². The molecule has 9 aromatic carbocycles. The summed E-state index contributed by atoms with van der Waals surface area (Å²) in [6.07, 6.45) is 0. The molecular formula is C53H34N4O2. The van der Waals surface area contributed by atoms with Crippen LogP contribution in [-0.2, 0) is 0 Å². The predicted octanol–water partition coefficient (Wildman–Crippen LogP) is 13.9. The Morgan fingerprint density at radius 1 is 0.458 bits per heavy atom. The van der Waals surface area contributed by atoms with Crippen LogP contribution < -0.4 is 4.90 Å². The van der Waals surface area contributed by atoms with Crippen LogP contribution in [0.2, 0.25) is 0 Å². The maximum Gasteiger partial charge on any atom is 0.164 e. The summed E-state index contributed by atoms with van der Waals surface area (Å²) < 4.78 is 53.8. The molecule has 278 valence electrons. The van der Waals surface area contributed by atoms with Crippen LogP contribution in [0.15, 0.2) is 204 Å². The molecule has 0 spiro atoms. The van der Waals surface area contributed by atoms with Gasteiger partial charge in [-0.05, 0) is 63.6 Å². The van der Waals surface area contributed by atoms with Gasteiger partial charge in [0.1, 0.15) is 16.9 Å². The van der Waals surface area contributed by atoms with Crippen LogP contribution in [0.1, 0.15) is 6.85 Å². The molecule has 0 aliphatic heterocycles. The number of nitrogens with zero attached hydrogens (tertiary/aromatic N) is 4. The number of phenols is 1. The molecule has 0 radical (unpaired) electrons. The Kier molecular flexibility index (Phi) is 6.99. The van der Waals surface area contributed by atoms with Crippen molar-refractivity contribution < 1.29 is 16.4 Å². The van der Waals surface area contributed by atoms with Gasteiger partial charge in [-0.1, -0.05) is 152 Å². The molecule has 1 N–H and O–H groups in total. The molecule has 11 aromatic rings. The van der Waals surface area contributed by atoms with Gasteiger partial charge in [0.05, 0.1) is 18.2 Å². The van der Waals surface area contributed by atoms with E-state index < -0.39 is 23.9 Å². The fourth-order valence-corrected chi connectivity index (χ4v) is 7.79. The highest BCUT2D eigenvalue weighted by Crippen LogP contribution is 2.47. The lowest BCUT2D eigenvalue weighted by atomic mass is 9.98. The number of aromatic hydroxyl groups is 1. The van der Waals surface area contributed by atoms with Gasteiger partial charge in [-0.2, -0.15) is 0 Å². The third kappa shape index (κ3) is 6.11. The zero-order chi connectivity index (χ0) is 43.6. The Bertz CT molecular complexity index is 3570. The number of hydrogen-bond donors (Lipinski definition) is 1. The number of hydrogen-bond acceptors (Lipinski definition) is 6. The Morgan fingerprint density at radius 2 is 1.02 bits per heavy atom. The maximum absolute atomic E-state index is 10.9. The molecule has 0 atom stereocenters. The first-order valence-corrected chi connectivity index (χ1v) is 19.2. The highest BCUT2D eigenvalue weighted by molar-refractivity contribution is 6.16. The molecule has 6 heteroatoms. The number of anilines is 3. The van der Waals surface area contributed by atoms with E-state index in [1.54, 1.807) is 0 Å². The molecule has 0 saturated heterocycles. The minimum Gasteiger partial charge on any atom is -0.508 e. The van der Waals surface area contributed by atoms with Crippen molar-refractivity contribution in [1.82, 2.24) is 15.0 Å². The Balaban J connectivity index is 1.30. The summed E-state index contributed by atoms with van der Waals surface area (Å²) in [5, 5.41) is 14.8. The molecule has 6 nitrogen and oxygen atoms in total. The molecule has 0 saturated carbocycles. The predicted molar refractivity (Wildman–Crippen MR) is 240 cm³/mol. The molecule has 0 bridgehead atoms. The zero-order valence-electron chi connectivity index (χ0n) is 36.3. The molecule has 0 aliphatic rings. The van der Waals surface area contributed by atoms with Gasteiger partial charge < -0.3 is 14.4 Å². The first-order chi connectivity index (χ1) is 31.3. The number of benzene rings is 9. The van der Waals surface area contributed by atoms with Gasteiger partial charge in [0.2, 0.25) is 0 Å². The van der Waals surface area contributed by atoms with Gasteiger partial charge in [0.25, 0.3) is 0 Å². The van der Waals surface area contributed by atoms with Crippen LogP contribution in [0.5, 0.6) is 5.75 Å². The Labute approximate surface area is 347 Å². The van der Waals surface area contributed by atoms with Crippen LogP contribution >= 0.6 is 0 Å². The molecule has 11 rings (SSSR count). The monoisotopic (exact) mass is 763 g/mol. The second-order valence-corrected chi connectivity index (χ2v) is 14.2.